The van der Waals surface area contributed by atoms with Gasteiger partial charge in [0.1, 0.15) is 5.92 Å². The first kappa shape index (κ1) is 14.6. The summed E-state index contributed by atoms with van der Waals surface area (Å²) in [6, 6.07) is 16.4. The van der Waals surface area contributed by atoms with Gasteiger partial charge in [-0.25, -0.2) is 0 Å². The molecule has 1 atom stereocenters. The fourth-order valence-electron chi connectivity index (χ4n) is 1.90. The first-order chi connectivity index (χ1) is 9.68. The molecule has 0 saturated carbocycles. The van der Waals surface area contributed by atoms with Gasteiger partial charge in [0.15, 0.2) is 0 Å². The number of ether oxygens (including phenoxy) is 1. The summed E-state index contributed by atoms with van der Waals surface area (Å²) in [6.07, 6.45) is 0. The van der Waals surface area contributed by atoms with Crippen LogP contribution in [0, 0.1) is 0 Å². The molecule has 1 unspecified atom stereocenters. The van der Waals surface area contributed by atoms with Gasteiger partial charge in [-0.15, -0.1) is 0 Å². The maximum absolute atomic E-state index is 11.3. The van der Waals surface area contributed by atoms with E-state index in [0.717, 1.165) is 11.1 Å². The predicted octanol–water partition coefficient (Wildman–Crippen LogP) is 3.73. The number of carboxylic acids is 1. The topological polar surface area (TPSA) is 46.5 Å². The Hall–Kier alpha value is -1.84. The lowest BCUT2D eigenvalue weighted by Crippen LogP contribution is -2.17. The highest BCUT2D eigenvalue weighted by molar-refractivity contribution is 6.31. The van der Waals surface area contributed by atoms with Crippen LogP contribution in [0.4, 0.5) is 0 Å². The molecule has 0 saturated heterocycles. The van der Waals surface area contributed by atoms with Gasteiger partial charge in [-0.1, -0.05) is 60.1 Å². The quantitative estimate of drug-likeness (QED) is 0.882. The molecule has 0 spiro atoms. The predicted molar refractivity (Wildman–Crippen MR) is 77.9 cm³/mol. The van der Waals surface area contributed by atoms with E-state index < -0.39 is 11.9 Å². The number of halogens is 1. The summed E-state index contributed by atoms with van der Waals surface area (Å²) in [6.45, 7) is 0.418. The fraction of sp³-hybridized carbons (Fsp3) is 0.188. The molecule has 0 bridgehead atoms. The van der Waals surface area contributed by atoms with Crippen molar-refractivity contribution in [1.29, 1.82) is 0 Å². The largest absolute Gasteiger partial charge is 0.481 e. The van der Waals surface area contributed by atoms with Crippen molar-refractivity contribution in [3.05, 3.63) is 70.7 Å². The van der Waals surface area contributed by atoms with Crippen LogP contribution in [-0.2, 0) is 16.1 Å². The Balaban J connectivity index is 1.97. The van der Waals surface area contributed by atoms with Gasteiger partial charge < -0.3 is 9.84 Å². The number of hydrogen-bond acceptors (Lipinski definition) is 2. The summed E-state index contributed by atoms with van der Waals surface area (Å²) < 4.78 is 5.51. The molecule has 3 nitrogen and oxygen atoms in total. The molecule has 104 valence electrons. The summed E-state index contributed by atoms with van der Waals surface area (Å²) in [5, 5.41) is 9.90. The first-order valence-corrected chi connectivity index (χ1v) is 6.65. The molecule has 2 aromatic rings. The average Bonchev–Trinajstić information content (AvgIpc) is 2.46. The van der Waals surface area contributed by atoms with E-state index in [1.54, 1.807) is 18.2 Å². The van der Waals surface area contributed by atoms with E-state index in [1.807, 2.05) is 36.4 Å². The number of benzene rings is 2. The molecule has 0 aromatic heterocycles. The van der Waals surface area contributed by atoms with Crippen molar-refractivity contribution < 1.29 is 14.6 Å². The molecule has 4 heteroatoms. The minimum Gasteiger partial charge on any atom is -0.481 e. The standard InChI is InChI=1S/C16H15ClO3/c17-15-9-5-4-8-13(15)10-20-11-14(16(18)19)12-6-2-1-3-7-12/h1-9,14H,10-11H2,(H,18,19). The van der Waals surface area contributed by atoms with E-state index in [0.29, 0.717) is 11.6 Å². The normalized spacial score (nSPS) is 12.1. The van der Waals surface area contributed by atoms with E-state index in [2.05, 4.69) is 0 Å². The third-order valence-corrected chi connectivity index (χ3v) is 3.37. The van der Waals surface area contributed by atoms with Crippen LogP contribution in [0.3, 0.4) is 0 Å². The number of hydrogen-bond donors (Lipinski definition) is 1. The van der Waals surface area contributed by atoms with Gasteiger partial charge >= 0.3 is 5.97 Å². The van der Waals surface area contributed by atoms with Gasteiger partial charge in [0, 0.05) is 5.02 Å². The van der Waals surface area contributed by atoms with Crippen molar-refractivity contribution in [3.8, 4) is 0 Å². The van der Waals surface area contributed by atoms with Crippen LogP contribution in [0.25, 0.3) is 0 Å². The van der Waals surface area contributed by atoms with Gasteiger partial charge in [-0.3, -0.25) is 4.79 Å². The molecule has 2 rings (SSSR count). The summed E-state index contributed by atoms with van der Waals surface area (Å²) in [4.78, 5) is 11.3. The summed E-state index contributed by atoms with van der Waals surface area (Å²) in [5.41, 5.74) is 1.59. The Bertz CT molecular complexity index is 569. The Kier molecular flexibility index (Phi) is 5.16. The van der Waals surface area contributed by atoms with E-state index in [9.17, 15) is 9.90 Å². The SMILES string of the molecule is O=C(O)C(COCc1ccccc1Cl)c1ccccc1. The minimum absolute atomic E-state index is 0.116. The lowest BCUT2D eigenvalue weighted by molar-refractivity contribution is -0.140. The smallest absolute Gasteiger partial charge is 0.313 e. The maximum Gasteiger partial charge on any atom is 0.313 e. The van der Waals surface area contributed by atoms with E-state index in [-0.39, 0.29) is 6.61 Å². The highest BCUT2D eigenvalue weighted by Gasteiger charge is 2.19. The molecular weight excluding hydrogens is 276 g/mol. The van der Waals surface area contributed by atoms with Crippen LogP contribution in [0.1, 0.15) is 17.0 Å². The third kappa shape index (κ3) is 3.83. The third-order valence-electron chi connectivity index (χ3n) is 3.00. The molecule has 2 aromatic carbocycles. The maximum atomic E-state index is 11.3. The van der Waals surface area contributed by atoms with Gasteiger partial charge in [0.25, 0.3) is 0 Å². The minimum atomic E-state index is -0.893. The second-order valence-corrected chi connectivity index (χ2v) is 4.82. The number of carbonyl (C=O) groups is 1. The van der Waals surface area contributed by atoms with Crippen molar-refractivity contribution in [3.63, 3.8) is 0 Å². The Morgan fingerprint density at radius 3 is 2.40 bits per heavy atom. The fourth-order valence-corrected chi connectivity index (χ4v) is 2.09. The van der Waals surface area contributed by atoms with Gasteiger partial charge in [0.05, 0.1) is 13.2 Å². The van der Waals surface area contributed by atoms with Gasteiger partial charge in [-0.05, 0) is 17.2 Å². The van der Waals surface area contributed by atoms with Crippen molar-refractivity contribution in [2.24, 2.45) is 0 Å². The number of carboxylic acid groups (broad SMARTS) is 1. The molecule has 0 amide bonds. The van der Waals surface area contributed by atoms with Crippen molar-refractivity contribution in [1.82, 2.24) is 0 Å². The number of rotatable bonds is 6. The summed E-state index contributed by atoms with van der Waals surface area (Å²) in [5.74, 6) is -1.56. The first-order valence-electron chi connectivity index (χ1n) is 6.27. The summed E-state index contributed by atoms with van der Waals surface area (Å²) >= 11 is 6.02. The van der Waals surface area contributed by atoms with Crippen molar-refractivity contribution >= 4 is 17.6 Å². The lowest BCUT2D eigenvalue weighted by atomic mass is 10.0. The Morgan fingerprint density at radius 2 is 1.75 bits per heavy atom. The van der Waals surface area contributed by atoms with E-state index in [1.165, 1.54) is 0 Å². The van der Waals surface area contributed by atoms with Crippen molar-refractivity contribution in [2.45, 2.75) is 12.5 Å². The van der Waals surface area contributed by atoms with Gasteiger partial charge in [0.2, 0.25) is 0 Å². The zero-order valence-corrected chi connectivity index (χ0v) is 11.6. The van der Waals surface area contributed by atoms with E-state index in [4.69, 9.17) is 16.3 Å². The Morgan fingerprint density at radius 1 is 1.10 bits per heavy atom. The molecule has 0 aliphatic heterocycles. The molecule has 0 radical (unpaired) electrons. The zero-order valence-electron chi connectivity index (χ0n) is 10.8. The van der Waals surface area contributed by atoms with Crippen LogP contribution in [0.2, 0.25) is 5.02 Å². The summed E-state index contributed by atoms with van der Waals surface area (Å²) in [7, 11) is 0. The monoisotopic (exact) mass is 290 g/mol. The van der Waals surface area contributed by atoms with Crippen LogP contribution >= 0.6 is 11.6 Å². The Labute approximate surface area is 122 Å². The number of aliphatic carboxylic acids is 1. The van der Waals surface area contributed by atoms with Crippen LogP contribution in [0.15, 0.2) is 54.6 Å². The molecule has 0 fully saturated rings. The van der Waals surface area contributed by atoms with Crippen molar-refractivity contribution in [2.75, 3.05) is 6.61 Å². The van der Waals surface area contributed by atoms with Crippen LogP contribution < -0.4 is 0 Å². The average molecular weight is 291 g/mol. The molecule has 20 heavy (non-hydrogen) atoms. The van der Waals surface area contributed by atoms with Crippen LogP contribution in [0.5, 0.6) is 0 Å². The highest BCUT2D eigenvalue weighted by Crippen LogP contribution is 2.19. The zero-order chi connectivity index (χ0) is 14.4. The molecule has 0 aliphatic carbocycles. The second kappa shape index (κ2) is 7.08. The second-order valence-electron chi connectivity index (χ2n) is 4.41. The highest BCUT2D eigenvalue weighted by atomic mass is 35.5. The molecule has 0 aliphatic rings. The van der Waals surface area contributed by atoms with Gasteiger partial charge in [-0.2, -0.15) is 0 Å². The van der Waals surface area contributed by atoms with Crippen LogP contribution in [-0.4, -0.2) is 17.7 Å². The molecule has 0 heterocycles. The molecule has 1 N–H and O–H groups in total. The van der Waals surface area contributed by atoms with E-state index >= 15 is 0 Å². The molecular formula is C16H15ClO3. The lowest BCUT2D eigenvalue weighted by Gasteiger charge is -2.13.